The first-order chi connectivity index (χ1) is 11.3. The smallest absolute Gasteiger partial charge is 0.257 e. The van der Waals surface area contributed by atoms with Gasteiger partial charge < -0.3 is 9.32 Å². The standard InChI is InChI=1S/C18H15N3OS/c1-21(15-9-8-13-5-2-3-6-14(13)11-15)12-17-19-20-18(22-17)16-7-4-10-23-16/h2-11H,12H2,1H3. The van der Waals surface area contributed by atoms with Crippen LogP contribution < -0.4 is 4.90 Å². The van der Waals surface area contributed by atoms with Crippen LogP contribution in [0, 0.1) is 0 Å². The van der Waals surface area contributed by atoms with Crippen molar-refractivity contribution >= 4 is 27.8 Å². The molecule has 0 atom stereocenters. The zero-order valence-electron chi connectivity index (χ0n) is 12.6. The van der Waals surface area contributed by atoms with Crippen LogP contribution in [0.3, 0.4) is 0 Å². The van der Waals surface area contributed by atoms with E-state index in [9.17, 15) is 0 Å². The number of rotatable bonds is 4. The lowest BCUT2D eigenvalue weighted by molar-refractivity contribution is 0.504. The second-order valence-corrected chi connectivity index (χ2v) is 6.31. The van der Waals surface area contributed by atoms with Gasteiger partial charge in [0.2, 0.25) is 5.89 Å². The van der Waals surface area contributed by atoms with E-state index >= 15 is 0 Å². The van der Waals surface area contributed by atoms with E-state index < -0.39 is 0 Å². The molecule has 4 rings (SSSR count). The molecule has 2 aromatic heterocycles. The first kappa shape index (κ1) is 14.0. The molecule has 0 fully saturated rings. The Morgan fingerprint density at radius 2 is 1.87 bits per heavy atom. The first-order valence-electron chi connectivity index (χ1n) is 7.36. The van der Waals surface area contributed by atoms with Gasteiger partial charge in [-0.2, -0.15) is 0 Å². The molecule has 0 aliphatic carbocycles. The van der Waals surface area contributed by atoms with Crippen LogP contribution in [-0.2, 0) is 6.54 Å². The van der Waals surface area contributed by atoms with E-state index in [2.05, 4.69) is 57.6 Å². The van der Waals surface area contributed by atoms with Gasteiger partial charge in [0, 0.05) is 12.7 Å². The Kier molecular flexibility index (Phi) is 3.55. The van der Waals surface area contributed by atoms with E-state index in [-0.39, 0.29) is 0 Å². The fraction of sp³-hybridized carbons (Fsp3) is 0.111. The van der Waals surface area contributed by atoms with Gasteiger partial charge in [-0.05, 0) is 34.4 Å². The predicted molar refractivity (Wildman–Crippen MR) is 93.7 cm³/mol. The monoisotopic (exact) mass is 321 g/mol. The van der Waals surface area contributed by atoms with Crippen LogP contribution >= 0.6 is 11.3 Å². The molecule has 0 aliphatic heterocycles. The normalized spacial score (nSPS) is 11.0. The Labute approximate surface area is 138 Å². The Morgan fingerprint density at radius 3 is 2.70 bits per heavy atom. The fourth-order valence-electron chi connectivity index (χ4n) is 2.53. The third-order valence-electron chi connectivity index (χ3n) is 3.75. The van der Waals surface area contributed by atoms with Crippen molar-refractivity contribution in [2.45, 2.75) is 6.54 Å². The number of benzene rings is 2. The van der Waals surface area contributed by atoms with Crippen LogP contribution in [0.5, 0.6) is 0 Å². The third-order valence-corrected chi connectivity index (χ3v) is 4.60. The molecule has 0 saturated heterocycles. The summed E-state index contributed by atoms with van der Waals surface area (Å²) in [6.07, 6.45) is 0. The Morgan fingerprint density at radius 1 is 1.00 bits per heavy atom. The summed E-state index contributed by atoms with van der Waals surface area (Å²) >= 11 is 1.60. The molecule has 0 spiro atoms. The highest BCUT2D eigenvalue weighted by Crippen LogP contribution is 2.25. The first-order valence-corrected chi connectivity index (χ1v) is 8.24. The van der Waals surface area contributed by atoms with Gasteiger partial charge in [-0.1, -0.05) is 36.4 Å². The van der Waals surface area contributed by atoms with E-state index in [1.165, 1.54) is 10.8 Å². The summed E-state index contributed by atoms with van der Waals surface area (Å²) in [6, 6.07) is 18.7. The van der Waals surface area contributed by atoms with Crippen molar-refractivity contribution in [3.05, 3.63) is 65.9 Å². The molecule has 4 nitrogen and oxygen atoms in total. The third kappa shape index (κ3) is 2.83. The second kappa shape index (κ2) is 5.85. The van der Waals surface area contributed by atoms with Crippen LogP contribution in [0.2, 0.25) is 0 Å². The van der Waals surface area contributed by atoms with Crippen molar-refractivity contribution in [2.75, 3.05) is 11.9 Å². The number of nitrogens with zero attached hydrogens (tertiary/aromatic N) is 3. The van der Waals surface area contributed by atoms with E-state index in [1.54, 1.807) is 11.3 Å². The molecule has 2 heterocycles. The number of hydrogen-bond donors (Lipinski definition) is 0. The summed E-state index contributed by atoms with van der Waals surface area (Å²) in [6.45, 7) is 0.580. The van der Waals surface area contributed by atoms with Gasteiger partial charge in [0.05, 0.1) is 11.4 Å². The molecule has 0 radical (unpaired) electrons. The highest BCUT2D eigenvalue weighted by Gasteiger charge is 2.12. The lowest BCUT2D eigenvalue weighted by Crippen LogP contribution is -2.16. The molecule has 0 saturated carbocycles. The molecule has 0 N–H and O–H groups in total. The molecule has 2 aromatic carbocycles. The number of hydrogen-bond acceptors (Lipinski definition) is 5. The number of aromatic nitrogens is 2. The summed E-state index contributed by atoms with van der Waals surface area (Å²) in [7, 11) is 2.03. The minimum atomic E-state index is 0.580. The van der Waals surface area contributed by atoms with Crippen molar-refractivity contribution in [3.8, 4) is 10.8 Å². The average Bonchev–Trinajstić information content (AvgIpc) is 3.25. The van der Waals surface area contributed by atoms with Gasteiger partial charge >= 0.3 is 0 Å². The average molecular weight is 321 g/mol. The van der Waals surface area contributed by atoms with Gasteiger partial charge in [0.15, 0.2) is 0 Å². The molecule has 23 heavy (non-hydrogen) atoms. The van der Waals surface area contributed by atoms with Crippen LogP contribution in [0.1, 0.15) is 5.89 Å². The lowest BCUT2D eigenvalue weighted by Gasteiger charge is -2.17. The highest BCUT2D eigenvalue weighted by molar-refractivity contribution is 7.13. The maximum absolute atomic E-state index is 5.75. The molecule has 0 aliphatic rings. The zero-order valence-corrected chi connectivity index (χ0v) is 13.5. The molecule has 5 heteroatoms. The Balaban J connectivity index is 1.55. The van der Waals surface area contributed by atoms with E-state index in [0.29, 0.717) is 18.3 Å². The second-order valence-electron chi connectivity index (χ2n) is 5.37. The SMILES string of the molecule is CN(Cc1nnc(-c2cccs2)o1)c1ccc2ccccc2c1. The summed E-state index contributed by atoms with van der Waals surface area (Å²) in [5, 5.41) is 12.7. The molecule has 0 bridgehead atoms. The van der Waals surface area contributed by atoms with E-state index in [4.69, 9.17) is 4.42 Å². The van der Waals surface area contributed by atoms with Gasteiger partial charge in [0.1, 0.15) is 0 Å². The molecule has 4 aromatic rings. The van der Waals surface area contributed by atoms with Crippen LogP contribution in [0.4, 0.5) is 5.69 Å². The van der Waals surface area contributed by atoms with Crippen LogP contribution in [0.25, 0.3) is 21.5 Å². The fourth-order valence-corrected chi connectivity index (χ4v) is 3.17. The van der Waals surface area contributed by atoms with Gasteiger partial charge in [0.25, 0.3) is 5.89 Å². The minimum absolute atomic E-state index is 0.580. The minimum Gasteiger partial charge on any atom is -0.418 e. The van der Waals surface area contributed by atoms with Crippen molar-refractivity contribution in [1.82, 2.24) is 10.2 Å². The van der Waals surface area contributed by atoms with Gasteiger partial charge in [-0.15, -0.1) is 21.5 Å². The number of thiophene rings is 1. The largest absolute Gasteiger partial charge is 0.418 e. The van der Waals surface area contributed by atoms with Gasteiger partial charge in [-0.3, -0.25) is 0 Å². The maximum Gasteiger partial charge on any atom is 0.257 e. The number of fused-ring (bicyclic) bond motifs is 1. The van der Waals surface area contributed by atoms with Gasteiger partial charge in [-0.25, -0.2) is 0 Å². The summed E-state index contributed by atoms with van der Waals surface area (Å²) in [5.41, 5.74) is 1.12. The lowest BCUT2D eigenvalue weighted by atomic mass is 10.1. The van der Waals surface area contributed by atoms with Crippen molar-refractivity contribution in [1.29, 1.82) is 0 Å². The van der Waals surface area contributed by atoms with E-state index in [0.717, 1.165) is 10.6 Å². The van der Waals surface area contributed by atoms with Crippen LogP contribution in [0.15, 0.2) is 64.4 Å². The Bertz CT molecular complexity index is 930. The van der Waals surface area contributed by atoms with Crippen molar-refractivity contribution in [2.24, 2.45) is 0 Å². The topological polar surface area (TPSA) is 42.2 Å². The molecule has 114 valence electrons. The summed E-state index contributed by atoms with van der Waals surface area (Å²) in [4.78, 5) is 3.11. The summed E-state index contributed by atoms with van der Waals surface area (Å²) < 4.78 is 5.75. The Hall–Kier alpha value is -2.66. The zero-order chi connectivity index (χ0) is 15.6. The van der Waals surface area contributed by atoms with Crippen molar-refractivity contribution < 1.29 is 4.42 Å². The van der Waals surface area contributed by atoms with Crippen molar-refractivity contribution in [3.63, 3.8) is 0 Å². The molecule has 0 amide bonds. The molecular formula is C18H15N3OS. The molecule has 0 unspecified atom stereocenters. The molecular weight excluding hydrogens is 306 g/mol. The van der Waals surface area contributed by atoms with E-state index in [1.807, 2.05) is 24.6 Å². The maximum atomic E-state index is 5.75. The highest BCUT2D eigenvalue weighted by atomic mass is 32.1. The predicted octanol–water partition coefficient (Wildman–Crippen LogP) is 4.59. The van der Waals surface area contributed by atoms with Crippen LogP contribution in [-0.4, -0.2) is 17.2 Å². The quantitative estimate of drug-likeness (QED) is 0.551. The summed E-state index contributed by atoms with van der Waals surface area (Å²) in [5.74, 6) is 1.20. The number of anilines is 1.